The lowest BCUT2D eigenvalue weighted by molar-refractivity contribution is -0.194. The van der Waals surface area contributed by atoms with E-state index in [2.05, 4.69) is 0 Å². The van der Waals surface area contributed by atoms with Gasteiger partial charge < -0.3 is 14.9 Å². The van der Waals surface area contributed by atoms with Crippen LogP contribution in [0.5, 0.6) is 5.75 Å². The maximum Gasteiger partial charge on any atom is 0.416 e. The van der Waals surface area contributed by atoms with Crippen LogP contribution in [0.2, 0.25) is 0 Å². The molecule has 3 fully saturated rings. The Morgan fingerprint density at radius 2 is 1.83 bits per heavy atom. The van der Waals surface area contributed by atoms with Crippen molar-refractivity contribution in [2.45, 2.75) is 57.0 Å². The van der Waals surface area contributed by atoms with E-state index in [1.54, 1.807) is 19.1 Å². The fraction of sp³-hybridized carbons (Fsp3) is 0.519. The molecule has 2 bridgehead atoms. The molecule has 2 unspecified atom stereocenters. The molecule has 9 heteroatoms. The minimum Gasteiger partial charge on any atom is -0.486 e. The molecule has 3 aliphatic heterocycles. The molecule has 1 saturated carbocycles. The lowest BCUT2D eigenvalue weighted by Gasteiger charge is -2.63. The minimum atomic E-state index is -4.56. The second-order valence-corrected chi connectivity index (χ2v) is 10.5. The largest absolute Gasteiger partial charge is 0.486 e. The number of nitrogens with zero attached hydrogens (tertiary/aromatic N) is 1. The van der Waals surface area contributed by atoms with Gasteiger partial charge in [0.15, 0.2) is 0 Å². The van der Waals surface area contributed by atoms with Gasteiger partial charge in [0.1, 0.15) is 17.2 Å². The number of carbonyl (C=O) groups is 1. The number of aliphatic hydroxyl groups is 1. The molecular formula is C27H29F4NO4. The van der Waals surface area contributed by atoms with Crippen molar-refractivity contribution in [1.29, 1.82) is 0 Å². The van der Waals surface area contributed by atoms with Crippen LogP contribution >= 0.6 is 0 Å². The molecule has 36 heavy (non-hydrogen) atoms. The molecular weight excluding hydrogens is 478 g/mol. The zero-order chi connectivity index (χ0) is 26.0. The second kappa shape index (κ2) is 8.73. The van der Waals surface area contributed by atoms with Crippen molar-refractivity contribution in [3.8, 4) is 5.75 Å². The van der Waals surface area contributed by atoms with Crippen molar-refractivity contribution < 1.29 is 37.3 Å². The van der Waals surface area contributed by atoms with Gasteiger partial charge in [0.05, 0.1) is 17.6 Å². The summed E-state index contributed by atoms with van der Waals surface area (Å²) in [6.07, 6.45) is -3.26. The van der Waals surface area contributed by atoms with Crippen LogP contribution in [-0.4, -0.2) is 39.8 Å². The van der Waals surface area contributed by atoms with E-state index in [1.165, 1.54) is 6.92 Å². The van der Waals surface area contributed by atoms with Crippen molar-refractivity contribution in [3.63, 3.8) is 0 Å². The molecule has 5 nitrogen and oxygen atoms in total. The Kier molecular flexibility index (Phi) is 6.07. The van der Waals surface area contributed by atoms with Crippen LogP contribution in [0.3, 0.4) is 0 Å². The van der Waals surface area contributed by atoms with Gasteiger partial charge in [0.25, 0.3) is 0 Å². The first-order valence-corrected chi connectivity index (χ1v) is 12.2. The molecule has 6 rings (SSSR count). The normalized spacial score (nSPS) is 28.0. The summed E-state index contributed by atoms with van der Waals surface area (Å²) in [4.78, 5) is 13.3. The maximum atomic E-state index is 13.9. The number of aliphatic carboxylic acids is 1. The molecule has 0 amide bonds. The van der Waals surface area contributed by atoms with E-state index in [0.29, 0.717) is 24.4 Å². The number of carboxylic acid groups (broad SMARTS) is 1. The first-order chi connectivity index (χ1) is 16.9. The quantitative estimate of drug-likeness (QED) is 0.533. The summed E-state index contributed by atoms with van der Waals surface area (Å²) >= 11 is 0. The Bertz CT molecular complexity index is 1170. The number of hydrogen-bond donors (Lipinski definition) is 2. The van der Waals surface area contributed by atoms with Crippen LogP contribution in [0.15, 0.2) is 36.4 Å². The van der Waals surface area contributed by atoms with Gasteiger partial charge in [-0.25, -0.2) is 4.39 Å². The van der Waals surface area contributed by atoms with E-state index in [4.69, 9.17) is 4.74 Å². The van der Waals surface area contributed by atoms with E-state index in [9.17, 15) is 32.6 Å². The number of aryl methyl sites for hydroxylation is 1. The van der Waals surface area contributed by atoms with Gasteiger partial charge in [-0.3, -0.25) is 9.69 Å². The zero-order valence-electron chi connectivity index (χ0n) is 20.1. The molecule has 194 valence electrons. The number of fused-ring (bicyclic) bond motifs is 3. The number of benzene rings is 2. The van der Waals surface area contributed by atoms with Crippen molar-refractivity contribution in [2.75, 3.05) is 13.1 Å². The number of rotatable bonds is 5. The Labute approximate surface area is 206 Å². The van der Waals surface area contributed by atoms with Crippen LogP contribution in [0.25, 0.3) is 0 Å². The summed E-state index contributed by atoms with van der Waals surface area (Å²) in [5, 5.41) is 19.7. The number of hydrogen-bond acceptors (Lipinski definition) is 4. The summed E-state index contributed by atoms with van der Waals surface area (Å²) in [7, 11) is 0. The third kappa shape index (κ3) is 4.06. The van der Waals surface area contributed by atoms with E-state index in [1.807, 2.05) is 11.0 Å². The van der Waals surface area contributed by atoms with E-state index in [0.717, 1.165) is 43.0 Å². The summed E-state index contributed by atoms with van der Waals surface area (Å²) in [5.41, 5.74) is 0.171. The minimum absolute atomic E-state index is 0.0565. The summed E-state index contributed by atoms with van der Waals surface area (Å²) in [5.74, 6) is -1.89. The summed E-state index contributed by atoms with van der Waals surface area (Å²) < 4.78 is 61.2. The average Bonchev–Trinajstić information content (AvgIpc) is 2.85. The Morgan fingerprint density at radius 1 is 1.14 bits per heavy atom. The Hall–Kier alpha value is -2.65. The molecule has 4 aliphatic rings. The Balaban J connectivity index is 1.35. The monoisotopic (exact) mass is 507 g/mol. The third-order valence-electron chi connectivity index (χ3n) is 8.56. The molecule has 2 aromatic rings. The van der Waals surface area contributed by atoms with Gasteiger partial charge in [0, 0.05) is 31.0 Å². The maximum absolute atomic E-state index is 13.9. The molecule has 1 spiro atoms. The molecule has 1 aliphatic carbocycles. The first kappa shape index (κ1) is 25.0. The van der Waals surface area contributed by atoms with E-state index < -0.39 is 47.2 Å². The number of halogens is 4. The predicted octanol–water partition coefficient (Wildman–Crippen LogP) is 5.38. The van der Waals surface area contributed by atoms with Crippen LogP contribution in [-0.2, 0) is 17.4 Å². The van der Waals surface area contributed by atoms with Crippen LogP contribution in [0.4, 0.5) is 17.6 Å². The van der Waals surface area contributed by atoms with Gasteiger partial charge >= 0.3 is 12.1 Å². The van der Waals surface area contributed by atoms with E-state index >= 15 is 0 Å². The number of carboxylic acids is 1. The molecule has 2 aromatic carbocycles. The summed E-state index contributed by atoms with van der Waals surface area (Å²) in [6, 6.07) is 7.35. The van der Waals surface area contributed by atoms with Gasteiger partial charge in [-0.1, -0.05) is 12.1 Å². The fourth-order valence-corrected chi connectivity index (χ4v) is 6.31. The van der Waals surface area contributed by atoms with Crippen molar-refractivity contribution >= 4 is 5.97 Å². The van der Waals surface area contributed by atoms with Gasteiger partial charge in [-0.05, 0) is 74.1 Å². The first-order valence-electron chi connectivity index (χ1n) is 12.2. The number of ether oxygens (including phenoxy) is 1. The SMILES string of the molecule is C[C@H](C(=O)O)[C@@H](O)c1ccc2c(c1)OC1(CC2)C2C[C@H]1CN([C@H](C)c1cc(F)ccc1C(F)(F)F)C2. The zero-order valence-corrected chi connectivity index (χ0v) is 20.1. The van der Waals surface area contributed by atoms with Crippen molar-refractivity contribution in [2.24, 2.45) is 17.8 Å². The highest BCUT2D eigenvalue weighted by molar-refractivity contribution is 5.70. The lowest BCUT2D eigenvalue weighted by Crippen LogP contribution is -2.70. The highest BCUT2D eigenvalue weighted by Crippen LogP contribution is 2.57. The van der Waals surface area contributed by atoms with Crippen LogP contribution < -0.4 is 4.74 Å². The van der Waals surface area contributed by atoms with E-state index in [-0.39, 0.29) is 17.4 Å². The molecule has 0 radical (unpaired) electrons. The molecule has 0 aromatic heterocycles. The number of aliphatic hydroxyl groups excluding tert-OH is 1. The smallest absolute Gasteiger partial charge is 0.416 e. The predicted molar refractivity (Wildman–Crippen MR) is 123 cm³/mol. The van der Waals surface area contributed by atoms with Gasteiger partial charge in [0.2, 0.25) is 0 Å². The highest BCUT2D eigenvalue weighted by Gasteiger charge is 2.62. The standard InChI is InChI=1S/C27H29F4NO4/c1-14(25(34)35)24(33)17-4-3-16-7-8-26(36-23(16)9-17)18-10-19(26)13-32(12-18)15(2)21-11-20(28)5-6-22(21)27(29,30)31/h3-6,9,11,14-15,18-19,24,33H,7-8,10,12-13H2,1-2H3,(H,34,35)/t14-,15+,18-,19?,24+,26?/m0/s1. The topological polar surface area (TPSA) is 70.0 Å². The van der Waals surface area contributed by atoms with Gasteiger partial charge in [-0.15, -0.1) is 0 Å². The fourth-order valence-electron chi connectivity index (χ4n) is 6.31. The van der Waals surface area contributed by atoms with Crippen molar-refractivity contribution in [1.82, 2.24) is 4.90 Å². The number of piperidine rings is 2. The highest BCUT2D eigenvalue weighted by atomic mass is 19.4. The van der Waals surface area contributed by atoms with Crippen LogP contribution in [0.1, 0.15) is 61.1 Å². The number of alkyl halides is 3. The molecule has 2 N–H and O–H groups in total. The lowest BCUT2D eigenvalue weighted by atomic mass is 9.55. The molecule has 2 saturated heterocycles. The average molecular weight is 508 g/mol. The second-order valence-electron chi connectivity index (χ2n) is 10.5. The molecule has 6 atom stereocenters. The summed E-state index contributed by atoms with van der Waals surface area (Å²) in [6.45, 7) is 4.22. The third-order valence-corrected chi connectivity index (χ3v) is 8.56. The molecule has 3 heterocycles. The van der Waals surface area contributed by atoms with Gasteiger partial charge in [-0.2, -0.15) is 13.2 Å². The van der Waals surface area contributed by atoms with Crippen molar-refractivity contribution in [3.05, 3.63) is 64.5 Å². The van der Waals surface area contributed by atoms with Crippen LogP contribution in [0, 0.1) is 23.6 Å². The Morgan fingerprint density at radius 3 is 2.47 bits per heavy atom.